The number of hydrogen-bond acceptors (Lipinski definition) is 4. The van der Waals surface area contributed by atoms with Crippen LogP contribution < -0.4 is 5.32 Å². The maximum Gasteiger partial charge on any atom is 0.259 e. The molecule has 4 aromatic rings. The van der Waals surface area contributed by atoms with E-state index >= 15 is 0 Å². The predicted octanol–water partition coefficient (Wildman–Crippen LogP) is 5.63. The third-order valence-corrected chi connectivity index (χ3v) is 5.50. The first-order valence-electron chi connectivity index (χ1n) is 8.10. The number of thiazole rings is 1. The first-order valence-corrected chi connectivity index (χ1v) is 9.74. The van der Waals surface area contributed by atoms with Crippen molar-refractivity contribution in [3.05, 3.63) is 68.5 Å². The molecule has 0 saturated heterocycles. The topological polar surface area (TPSA) is 59.3 Å². The smallest absolute Gasteiger partial charge is 0.259 e. The third-order valence-electron chi connectivity index (χ3n) is 4.14. The summed E-state index contributed by atoms with van der Waals surface area (Å²) in [6, 6.07) is 11.0. The SMILES string of the molecule is Cc1ccc(-c2csc3nc(NC(=O)c4ccc(Cl)cc4Cl)nn23)c(C)c1. The molecule has 0 saturated carbocycles. The van der Waals surface area contributed by atoms with Crippen LogP contribution in [0.5, 0.6) is 0 Å². The number of anilines is 1. The van der Waals surface area contributed by atoms with Crippen LogP contribution in [0.25, 0.3) is 16.2 Å². The van der Waals surface area contributed by atoms with Crippen LogP contribution in [-0.2, 0) is 0 Å². The minimum absolute atomic E-state index is 0.226. The summed E-state index contributed by atoms with van der Waals surface area (Å²) in [5, 5.41) is 9.89. The normalized spacial score (nSPS) is 11.1. The van der Waals surface area contributed by atoms with Gasteiger partial charge in [-0.1, -0.05) is 47.0 Å². The molecule has 2 aromatic carbocycles. The highest BCUT2D eigenvalue weighted by molar-refractivity contribution is 7.15. The number of nitrogens with zero attached hydrogens (tertiary/aromatic N) is 3. The zero-order valence-electron chi connectivity index (χ0n) is 14.5. The summed E-state index contributed by atoms with van der Waals surface area (Å²) in [5.74, 6) is -0.160. The van der Waals surface area contributed by atoms with Gasteiger partial charge in [0.15, 0.2) is 0 Å². The summed E-state index contributed by atoms with van der Waals surface area (Å²) in [6.07, 6.45) is 0. The average Bonchev–Trinajstić information content (AvgIpc) is 3.15. The van der Waals surface area contributed by atoms with Gasteiger partial charge < -0.3 is 0 Å². The van der Waals surface area contributed by atoms with E-state index in [0.29, 0.717) is 15.5 Å². The van der Waals surface area contributed by atoms with Crippen molar-refractivity contribution in [1.82, 2.24) is 14.6 Å². The van der Waals surface area contributed by atoms with Gasteiger partial charge in [0.05, 0.1) is 16.3 Å². The Morgan fingerprint density at radius 3 is 2.70 bits per heavy atom. The van der Waals surface area contributed by atoms with Crippen LogP contribution in [0.15, 0.2) is 41.8 Å². The van der Waals surface area contributed by atoms with Crippen LogP contribution in [0.4, 0.5) is 5.95 Å². The van der Waals surface area contributed by atoms with E-state index in [2.05, 4.69) is 47.4 Å². The molecule has 0 fully saturated rings. The van der Waals surface area contributed by atoms with E-state index in [-0.39, 0.29) is 16.9 Å². The molecule has 1 amide bonds. The van der Waals surface area contributed by atoms with Crippen LogP contribution in [0.3, 0.4) is 0 Å². The van der Waals surface area contributed by atoms with Gasteiger partial charge in [-0.15, -0.1) is 16.4 Å². The monoisotopic (exact) mass is 416 g/mol. The van der Waals surface area contributed by atoms with E-state index in [4.69, 9.17) is 23.2 Å². The van der Waals surface area contributed by atoms with E-state index in [0.717, 1.165) is 16.8 Å². The van der Waals surface area contributed by atoms with Crippen molar-refractivity contribution < 1.29 is 4.79 Å². The Bertz CT molecular complexity index is 1180. The summed E-state index contributed by atoms with van der Waals surface area (Å²) in [5.41, 5.74) is 4.69. The number of hydrogen-bond donors (Lipinski definition) is 1. The molecular weight excluding hydrogens is 403 g/mol. The standard InChI is InChI=1S/C19H14Cl2N4OS/c1-10-3-5-13(11(2)7-10)16-9-27-19-23-18(24-25(16)19)22-17(26)14-6-4-12(20)8-15(14)21/h3-9H,1-2H3,(H,22,24,26). The molecule has 0 aliphatic heterocycles. The van der Waals surface area contributed by atoms with Crippen molar-refractivity contribution in [3.8, 4) is 11.3 Å². The summed E-state index contributed by atoms with van der Waals surface area (Å²) >= 11 is 13.4. The quantitative estimate of drug-likeness (QED) is 0.470. The number of halogens is 2. The molecule has 2 aromatic heterocycles. The lowest BCUT2D eigenvalue weighted by Crippen LogP contribution is -2.13. The summed E-state index contributed by atoms with van der Waals surface area (Å²) in [7, 11) is 0. The molecule has 136 valence electrons. The molecule has 0 atom stereocenters. The van der Waals surface area contributed by atoms with Crippen LogP contribution in [-0.4, -0.2) is 20.5 Å². The van der Waals surface area contributed by atoms with Crippen molar-refractivity contribution in [3.63, 3.8) is 0 Å². The maximum atomic E-state index is 12.5. The molecule has 5 nitrogen and oxygen atoms in total. The minimum atomic E-state index is -0.386. The van der Waals surface area contributed by atoms with Crippen LogP contribution in [0.1, 0.15) is 21.5 Å². The molecule has 0 unspecified atom stereocenters. The van der Waals surface area contributed by atoms with Gasteiger partial charge in [-0.2, -0.15) is 4.98 Å². The number of fused-ring (bicyclic) bond motifs is 1. The van der Waals surface area contributed by atoms with Crippen LogP contribution >= 0.6 is 34.5 Å². The zero-order chi connectivity index (χ0) is 19.1. The van der Waals surface area contributed by atoms with E-state index in [1.54, 1.807) is 16.6 Å². The van der Waals surface area contributed by atoms with Crippen molar-refractivity contribution in [2.45, 2.75) is 13.8 Å². The number of nitrogens with one attached hydrogen (secondary N) is 1. The number of aromatic nitrogens is 3. The molecule has 0 radical (unpaired) electrons. The molecule has 0 aliphatic carbocycles. The van der Waals surface area contributed by atoms with Gasteiger partial charge in [0.25, 0.3) is 11.9 Å². The molecule has 1 N–H and O–H groups in total. The number of amides is 1. The van der Waals surface area contributed by atoms with Crippen molar-refractivity contribution in [2.24, 2.45) is 0 Å². The van der Waals surface area contributed by atoms with Gasteiger partial charge in [0.2, 0.25) is 4.96 Å². The Labute approximate surface area is 169 Å². The Kier molecular flexibility index (Phi) is 4.63. The lowest BCUT2D eigenvalue weighted by atomic mass is 10.0. The summed E-state index contributed by atoms with van der Waals surface area (Å²) < 4.78 is 1.74. The van der Waals surface area contributed by atoms with E-state index in [1.807, 2.05) is 5.38 Å². The number of aryl methyl sites for hydroxylation is 2. The van der Waals surface area contributed by atoms with Crippen LogP contribution in [0.2, 0.25) is 10.0 Å². The molecule has 27 heavy (non-hydrogen) atoms. The number of carbonyl (C=O) groups is 1. The number of carbonyl (C=O) groups excluding carboxylic acids is 1. The van der Waals surface area contributed by atoms with Crippen molar-refractivity contribution >= 4 is 51.4 Å². The highest BCUT2D eigenvalue weighted by Gasteiger charge is 2.17. The zero-order valence-corrected chi connectivity index (χ0v) is 16.8. The Morgan fingerprint density at radius 1 is 1.15 bits per heavy atom. The van der Waals surface area contributed by atoms with Gasteiger partial charge in [-0.3, -0.25) is 10.1 Å². The maximum absolute atomic E-state index is 12.5. The van der Waals surface area contributed by atoms with E-state index in [1.165, 1.54) is 23.0 Å². The lowest BCUT2D eigenvalue weighted by molar-refractivity contribution is 0.102. The molecule has 0 spiro atoms. The minimum Gasteiger partial charge on any atom is -0.289 e. The van der Waals surface area contributed by atoms with E-state index in [9.17, 15) is 4.79 Å². The largest absolute Gasteiger partial charge is 0.289 e. The molecule has 0 bridgehead atoms. The predicted molar refractivity (Wildman–Crippen MR) is 110 cm³/mol. The first-order chi connectivity index (χ1) is 12.9. The molecular formula is C19H14Cl2N4OS. The highest BCUT2D eigenvalue weighted by atomic mass is 35.5. The van der Waals surface area contributed by atoms with Gasteiger partial charge in [0.1, 0.15) is 0 Å². The molecule has 0 aliphatic rings. The molecule has 8 heteroatoms. The second kappa shape index (κ2) is 6.96. The molecule has 4 rings (SSSR count). The fourth-order valence-corrected chi connectivity index (χ4v) is 4.18. The first kappa shape index (κ1) is 18.0. The third kappa shape index (κ3) is 3.43. The number of rotatable bonds is 3. The number of benzene rings is 2. The van der Waals surface area contributed by atoms with E-state index < -0.39 is 0 Å². The fourth-order valence-electron chi connectivity index (χ4n) is 2.86. The summed E-state index contributed by atoms with van der Waals surface area (Å²) in [6.45, 7) is 4.12. The average molecular weight is 417 g/mol. The van der Waals surface area contributed by atoms with Gasteiger partial charge in [-0.25, -0.2) is 4.52 Å². The second-order valence-electron chi connectivity index (χ2n) is 6.15. The molecule has 2 heterocycles. The van der Waals surface area contributed by atoms with Crippen LogP contribution in [0, 0.1) is 13.8 Å². The lowest BCUT2D eigenvalue weighted by Gasteiger charge is -2.05. The van der Waals surface area contributed by atoms with Gasteiger partial charge >= 0.3 is 0 Å². The van der Waals surface area contributed by atoms with Gasteiger partial charge in [-0.05, 0) is 37.6 Å². The Hall–Kier alpha value is -2.41. The Balaban J connectivity index is 1.66. The Morgan fingerprint density at radius 2 is 1.96 bits per heavy atom. The van der Waals surface area contributed by atoms with Crippen molar-refractivity contribution in [2.75, 3.05) is 5.32 Å². The summed E-state index contributed by atoms with van der Waals surface area (Å²) in [4.78, 5) is 17.6. The van der Waals surface area contributed by atoms with Gasteiger partial charge in [0, 0.05) is 16.0 Å². The van der Waals surface area contributed by atoms with Crippen molar-refractivity contribution in [1.29, 1.82) is 0 Å². The second-order valence-corrected chi connectivity index (χ2v) is 7.83. The fraction of sp³-hybridized carbons (Fsp3) is 0.105. The highest BCUT2D eigenvalue weighted by Crippen LogP contribution is 2.29.